The van der Waals surface area contributed by atoms with Crippen LogP contribution in [0.2, 0.25) is 16.6 Å². The smallest absolute Gasteiger partial charge is 0.147 e. The summed E-state index contributed by atoms with van der Waals surface area (Å²) < 4.78 is 0. The lowest BCUT2D eigenvalue weighted by atomic mass is 9.77. The minimum atomic E-state index is -1.81. The fraction of sp³-hybridized carbons (Fsp3) is 0.463. The van der Waals surface area contributed by atoms with Crippen molar-refractivity contribution >= 4 is 8.07 Å². The number of rotatable bonds is 5. The molecule has 0 spiro atoms. The van der Waals surface area contributed by atoms with Gasteiger partial charge >= 0.3 is 0 Å². The van der Waals surface area contributed by atoms with Crippen LogP contribution in [0.25, 0.3) is 22.3 Å². The first-order valence-corrected chi connectivity index (χ1v) is 22.4. The van der Waals surface area contributed by atoms with E-state index in [1.54, 1.807) is 0 Å². The molecule has 1 heterocycles. The van der Waals surface area contributed by atoms with Crippen molar-refractivity contribution in [1.29, 1.82) is 0 Å². The number of hydrogen-bond acceptors (Lipinski definition) is 1. The van der Waals surface area contributed by atoms with Crippen LogP contribution in [0.3, 0.4) is 0 Å². The minimum absolute atomic E-state index is 0.0374. The topological polar surface area (TPSA) is 12.9 Å². The summed E-state index contributed by atoms with van der Waals surface area (Å²) >= 11 is 0. The Morgan fingerprint density at radius 2 is 0.696 bits per heavy atom. The van der Waals surface area contributed by atoms with Gasteiger partial charge in [0.2, 0.25) is 0 Å². The minimum Gasteiger partial charge on any atom is -0.263 e. The normalized spacial score (nSPS) is 11.7. The van der Waals surface area contributed by atoms with Gasteiger partial charge in [-0.15, -0.1) is 5.54 Å². The Bertz CT molecular complexity index is 2120. The fourth-order valence-corrected chi connectivity index (χ4v) is 12.4. The molecule has 2 aromatic carbocycles. The lowest BCUT2D eigenvalue weighted by Gasteiger charge is -2.37. The summed E-state index contributed by atoms with van der Waals surface area (Å²) in [6, 6.07) is 13.9. The molecule has 0 saturated heterocycles. The second kappa shape index (κ2) is 18.0. The quantitative estimate of drug-likeness (QED) is 0.187. The van der Waals surface area contributed by atoms with E-state index in [1.165, 1.54) is 22.3 Å². The Balaban J connectivity index is 2.20. The highest BCUT2D eigenvalue weighted by molar-refractivity contribution is 6.90. The summed E-state index contributed by atoms with van der Waals surface area (Å²) in [5, 5.41) is 0. The van der Waals surface area contributed by atoms with E-state index in [-0.39, 0.29) is 21.7 Å². The van der Waals surface area contributed by atoms with Crippen LogP contribution in [0.15, 0.2) is 48.8 Å². The van der Waals surface area contributed by atoms with E-state index in [0.717, 1.165) is 27.8 Å². The maximum Gasteiger partial charge on any atom is 0.147 e. The average molecular weight is 756 g/mol. The summed E-state index contributed by atoms with van der Waals surface area (Å²) in [5.74, 6) is 32.6. The molecular weight excluding hydrogens is 691 g/mol. The second-order valence-corrected chi connectivity index (χ2v) is 25.7. The standard InChI is InChI=1S/C54H65NSi/c1-39(2)56(40(3)4,41(5)6)30-28-26-24-22-20-19-21-23-25-27-29-48-49(42-31-44(51(7,8)9)35-45(32-42)52(10,11)12)37-55-38-50(48)43-33-46(53(13,14)15)36-47(34-43)54(16,17)18/h31-41H,1-18H3. The van der Waals surface area contributed by atoms with Crippen molar-refractivity contribution in [3.63, 3.8) is 0 Å². The van der Waals surface area contributed by atoms with Crippen LogP contribution in [0, 0.1) is 70.7 Å². The number of pyridine rings is 1. The van der Waals surface area contributed by atoms with E-state index in [4.69, 9.17) is 4.98 Å². The summed E-state index contributed by atoms with van der Waals surface area (Å²) in [6.45, 7) is 41.0. The van der Waals surface area contributed by atoms with Gasteiger partial charge in [-0.3, -0.25) is 4.98 Å². The van der Waals surface area contributed by atoms with Crippen LogP contribution in [0.4, 0.5) is 0 Å². The Morgan fingerprint density at radius 3 is 0.982 bits per heavy atom. The molecule has 0 aliphatic heterocycles. The molecule has 3 aromatic rings. The van der Waals surface area contributed by atoms with Gasteiger partial charge in [0.1, 0.15) is 8.07 Å². The zero-order valence-electron chi connectivity index (χ0n) is 37.8. The molecule has 0 unspecified atom stereocenters. The highest BCUT2D eigenvalue weighted by Crippen LogP contribution is 2.41. The highest BCUT2D eigenvalue weighted by atomic mass is 28.3. The Kier molecular flexibility index (Phi) is 14.6. The van der Waals surface area contributed by atoms with E-state index in [1.807, 2.05) is 12.4 Å². The maximum absolute atomic E-state index is 4.85. The van der Waals surface area contributed by atoms with Crippen molar-refractivity contribution in [2.45, 2.75) is 163 Å². The Hall–Kier alpha value is -4.83. The SMILES string of the molecule is CC(C)[Si](C#CC#CC#CC#CC#CC#Cc1c(-c2cc(C(C)(C)C)cc(C(C)(C)C)c2)cncc1-c1cc(C(C)(C)C)cc(C(C)(C)C)c1)(C(C)C)C(C)C. The number of hydrogen-bond donors (Lipinski definition) is 0. The summed E-state index contributed by atoms with van der Waals surface area (Å²) in [5.41, 5.74) is 15.3. The number of aromatic nitrogens is 1. The van der Waals surface area contributed by atoms with Gasteiger partial charge in [0.25, 0.3) is 0 Å². The van der Waals surface area contributed by atoms with E-state index in [9.17, 15) is 0 Å². The Labute approximate surface area is 344 Å². The Morgan fingerprint density at radius 1 is 0.411 bits per heavy atom. The molecule has 0 atom stereocenters. The van der Waals surface area contributed by atoms with Crippen molar-refractivity contribution in [3.8, 4) is 92.9 Å². The van der Waals surface area contributed by atoms with Crippen LogP contribution in [0.1, 0.15) is 152 Å². The van der Waals surface area contributed by atoms with Gasteiger partial charge in [-0.2, -0.15) is 0 Å². The van der Waals surface area contributed by atoms with Crippen LogP contribution in [-0.2, 0) is 21.7 Å². The van der Waals surface area contributed by atoms with E-state index >= 15 is 0 Å². The third-order valence-electron chi connectivity index (χ3n) is 10.8. The third-order valence-corrected chi connectivity index (χ3v) is 17.1. The summed E-state index contributed by atoms with van der Waals surface area (Å²) in [4.78, 5) is 4.85. The molecule has 0 N–H and O–H groups in total. The van der Waals surface area contributed by atoms with Crippen molar-refractivity contribution < 1.29 is 0 Å². The molecule has 1 nitrogen and oxygen atoms in total. The van der Waals surface area contributed by atoms with Crippen molar-refractivity contribution in [2.24, 2.45) is 0 Å². The maximum atomic E-state index is 4.85. The van der Waals surface area contributed by atoms with Gasteiger partial charge in [0, 0.05) is 29.1 Å². The fourth-order valence-electron chi connectivity index (χ4n) is 7.25. The van der Waals surface area contributed by atoms with Crippen LogP contribution >= 0.6 is 0 Å². The number of benzene rings is 2. The number of nitrogens with zero attached hydrogens (tertiary/aromatic N) is 1. The van der Waals surface area contributed by atoms with Crippen LogP contribution in [-0.4, -0.2) is 13.1 Å². The van der Waals surface area contributed by atoms with E-state index in [0.29, 0.717) is 16.6 Å². The molecule has 0 aliphatic rings. The zero-order chi connectivity index (χ0) is 42.3. The van der Waals surface area contributed by atoms with Crippen molar-refractivity contribution in [2.75, 3.05) is 0 Å². The third kappa shape index (κ3) is 11.6. The molecule has 290 valence electrons. The molecule has 1 aromatic heterocycles. The van der Waals surface area contributed by atoms with Crippen LogP contribution in [0.5, 0.6) is 0 Å². The lowest BCUT2D eigenvalue weighted by molar-refractivity contribution is 0.568. The predicted octanol–water partition coefficient (Wildman–Crippen LogP) is 13.2. The largest absolute Gasteiger partial charge is 0.263 e. The second-order valence-electron chi connectivity index (χ2n) is 20.1. The van der Waals surface area contributed by atoms with Gasteiger partial charge in [-0.05, 0) is 131 Å². The predicted molar refractivity (Wildman–Crippen MR) is 247 cm³/mol. The van der Waals surface area contributed by atoms with E-state index in [2.05, 4.69) is 232 Å². The molecule has 0 radical (unpaired) electrons. The molecule has 0 saturated carbocycles. The molecule has 0 bridgehead atoms. The molecular formula is C54H65NSi. The van der Waals surface area contributed by atoms with Gasteiger partial charge in [-0.1, -0.05) is 167 Å². The lowest BCUT2D eigenvalue weighted by Crippen LogP contribution is -2.43. The first kappa shape index (κ1) is 45.6. The van der Waals surface area contributed by atoms with Crippen molar-refractivity contribution in [1.82, 2.24) is 4.98 Å². The van der Waals surface area contributed by atoms with Gasteiger partial charge in [0.05, 0.1) is 0 Å². The molecule has 56 heavy (non-hydrogen) atoms. The average Bonchev–Trinajstić information content (AvgIpc) is 3.07. The molecule has 3 rings (SSSR count). The van der Waals surface area contributed by atoms with Crippen LogP contribution < -0.4 is 0 Å². The zero-order valence-corrected chi connectivity index (χ0v) is 38.8. The van der Waals surface area contributed by atoms with Gasteiger partial charge < -0.3 is 0 Å². The molecule has 0 fully saturated rings. The molecule has 0 aliphatic carbocycles. The summed E-state index contributed by atoms with van der Waals surface area (Å²) in [7, 11) is -1.81. The van der Waals surface area contributed by atoms with Gasteiger partial charge in [0.15, 0.2) is 0 Å². The van der Waals surface area contributed by atoms with Crippen molar-refractivity contribution in [3.05, 3.63) is 76.6 Å². The first-order valence-electron chi connectivity index (χ1n) is 20.1. The highest BCUT2D eigenvalue weighted by Gasteiger charge is 2.41. The van der Waals surface area contributed by atoms with E-state index < -0.39 is 8.07 Å². The molecule has 0 amide bonds. The molecule has 2 heteroatoms. The summed E-state index contributed by atoms with van der Waals surface area (Å²) in [6.07, 6.45) is 3.90. The monoisotopic (exact) mass is 755 g/mol. The first-order chi connectivity index (χ1) is 25.8. The van der Waals surface area contributed by atoms with Gasteiger partial charge in [-0.25, -0.2) is 0 Å².